The van der Waals surface area contributed by atoms with E-state index in [4.69, 9.17) is 10.3 Å². The normalized spacial score (nSPS) is 17.0. The molecule has 0 spiro atoms. The summed E-state index contributed by atoms with van der Waals surface area (Å²) in [7, 11) is 0. The Morgan fingerprint density at radius 3 is 2.50 bits per heavy atom. The maximum absolute atomic E-state index is 7.99. The maximum atomic E-state index is 7.99. The van der Waals surface area contributed by atoms with Gasteiger partial charge in [0.05, 0.1) is 13.2 Å². The van der Waals surface area contributed by atoms with Crippen LogP contribution in [0.3, 0.4) is 0 Å². The second-order valence-electron chi connectivity index (χ2n) is 1.74. The molecule has 0 aromatic rings. The molecule has 0 saturated carbocycles. The molecule has 4 radical (unpaired) electrons. The van der Waals surface area contributed by atoms with Gasteiger partial charge in [-0.3, -0.25) is 0 Å². The minimum Gasteiger partial charge on any atom is -0.373 e. The Labute approximate surface area is 75.9 Å². The number of hydrogen-bond acceptors (Lipinski definition) is 2. The number of hydrogen-bond donors (Lipinski definition) is 0. The van der Waals surface area contributed by atoms with Gasteiger partial charge in [-0.2, -0.15) is 4.91 Å². The third kappa shape index (κ3) is 3.14. The molecular formula is C4H8N4OSn. The van der Waals surface area contributed by atoms with Gasteiger partial charge in [-0.25, -0.2) is 5.01 Å². The summed E-state index contributed by atoms with van der Waals surface area (Å²) in [4.78, 5) is 2.65. The van der Waals surface area contributed by atoms with Crippen molar-refractivity contribution in [2.45, 2.75) is 0 Å². The molecule has 0 unspecified atom stereocenters. The van der Waals surface area contributed by atoms with Crippen LogP contribution >= 0.6 is 0 Å². The third-order valence-electron chi connectivity index (χ3n) is 1.15. The molecule has 0 atom stereocenters. The van der Waals surface area contributed by atoms with E-state index < -0.39 is 0 Å². The molecule has 1 aliphatic heterocycles. The van der Waals surface area contributed by atoms with Gasteiger partial charge in [0, 0.05) is 23.9 Å². The van der Waals surface area contributed by atoms with E-state index in [1.807, 2.05) is 0 Å². The van der Waals surface area contributed by atoms with Crippen LogP contribution in [0.5, 0.6) is 0 Å². The first-order chi connectivity index (χ1) is 4.43. The molecule has 1 aliphatic rings. The summed E-state index contributed by atoms with van der Waals surface area (Å²) in [6.45, 7) is 2.76. The van der Waals surface area contributed by atoms with Crippen LogP contribution in [-0.4, -0.2) is 55.2 Å². The van der Waals surface area contributed by atoms with Crippen LogP contribution in [0.25, 0.3) is 10.4 Å². The molecule has 0 aromatic carbocycles. The Morgan fingerprint density at radius 1 is 1.40 bits per heavy atom. The number of rotatable bonds is 1. The molecule has 1 saturated heterocycles. The molecule has 1 heterocycles. The smallest absolute Gasteiger partial charge is 0.112 e. The van der Waals surface area contributed by atoms with Crippen molar-refractivity contribution < 1.29 is 4.74 Å². The zero-order valence-electron chi connectivity index (χ0n) is 5.53. The summed E-state index contributed by atoms with van der Waals surface area (Å²) >= 11 is 0. The van der Waals surface area contributed by atoms with Gasteiger partial charge in [0.2, 0.25) is 0 Å². The molecule has 0 bridgehead atoms. The van der Waals surface area contributed by atoms with Crippen molar-refractivity contribution in [2.75, 3.05) is 26.3 Å². The predicted molar refractivity (Wildman–Crippen MR) is 37.3 cm³/mol. The van der Waals surface area contributed by atoms with Crippen molar-refractivity contribution in [2.24, 2.45) is 5.22 Å². The Kier molecular flexibility index (Phi) is 5.56. The van der Waals surface area contributed by atoms with Crippen molar-refractivity contribution in [3.8, 4) is 0 Å². The van der Waals surface area contributed by atoms with Gasteiger partial charge in [0.25, 0.3) is 0 Å². The first-order valence-corrected chi connectivity index (χ1v) is 2.81. The van der Waals surface area contributed by atoms with E-state index in [2.05, 4.69) is 10.1 Å². The minimum absolute atomic E-state index is 0. The summed E-state index contributed by atoms with van der Waals surface area (Å²) in [5.41, 5.74) is 7.99. The summed E-state index contributed by atoms with van der Waals surface area (Å²) in [6, 6.07) is 0. The molecule has 0 amide bonds. The second-order valence-corrected chi connectivity index (χ2v) is 1.74. The Morgan fingerprint density at radius 2 is 2.00 bits per heavy atom. The maximum Gasteiger partial charge on any atom is 0.112 e. The van der Waals surface area contributed by atoms with E-state index in [1.165, 1.54) is 0 Å². The summed E-state index contributed by atoms with van der Waals surface area (Å²) in [6.07, 6.45) is 0. The van der Waals surface area contributed by atoms with E-state index in [0.29, 0.717) is 26.3 Å². The molecule has 54 valence electrons. The van der Waals surface area contributed by atoms with Gasteiger partial charge in [-0.15, -0.1) is 5.53 Å². The van der Waals surface area contributed by atoms with Crippen LogP contribution in [0.4, 0.5) is 0 Å². The fourth-order valence-electron chi connectivity index (χ4n) is 0.700. The Balaban J connectivity index is 0.000000810. The minimum atomic E-state index is 0. The summed E-state index contributed by atoms with van der Waals surface area (Å²) in [5, 5.41) is 5.07. The van der Waals surface area contributed by atoms with E-state index in [1.54, 1.807) is 5.01 Å². The molecular weight excluding hydrogens is 239 g/mol. The zero-order chi connectivity index (χ0) is 6.53. The fourth-order valence-corrected chi connectivity index (χ4v) is 0.700. The second kappa shape index (κ2) is 5.64. The van der Waals surface area contributed by atoms with Crippen molar-refractivity contribution in [3.63, 3.8) is 0 Å². The van der Waals surface area contributed by atoms with Crippen LogP contribution in [0.15, 0.2) is 5.22 Å². The van der Waals surface area contributed by atoms with Gasteiger partial charge in [-0.1, -0.05) is 0 Å². The molecule has 10 heavy (non-hydrogen) atoms. The Hall–Kier alpha value is -0.131. The van der Waals surface area contributed by atoms with Gasteiger partial charge in [0.1, 0.15) is 13.1 Å². The van der Waals surface area contributed by atoms with Gasteiger partial charge < -0.3 is 4.74 Å². The molecule has 6 heteroatoms. The molecule has 1 fully saturated rings. The van der Waals surface area contributed by atoms with Gasteiger partial charge in [-0.05, 0) is 5.22 Å². The first-order valence-electron chi connectivity index (χ1n) is 2.81. The largest absolute Gasteiger partial charge is 0.373 e. The zero-order valence-corrected chi connectivity index (χ0v) is 8.38. The number of nitrogens with zero attached hydrogens (tertiary/aromatic N) is 4. The number of ether oxygens (including phenoxy) is 1. The van der Waals surface area contributed by atoms with E-state index in [-0.39, 0.29) is 23.9 Å². The summed E-state index contributed by atoms with van der Waals surface area (Å²) < 4.78 is 5.02. The fraction of sp³-hybridized carbons (Fsp3) is 1.00. The summed E-state index contributed by atoms with van der Waals surface area (Å²) in [5.74, 6) is 0. The number of morpholine rings is 1. The van der Waals surface area contributed by atoms with Gasteiger partial charge >= 0.3 is 0 Å². The van der Waals surface area contributed by atoms with E-state index in [9.17, 15) is 0 Å². The molecule has 1 rings (SSSR count). The average molecular weight is 247 g/mol. The van der Waals surface area contributed by atoms with Crippen molar-refractivity contribution >= 4 is 23.9 Å². The quantitative estimate of drug-likeness (QED) is 0.287. The van der Waals surface area contributed by atoms with Crippen molar-refractivity contribution in [1.82, 2.24) is 5.01 Å². The van der Waals surface area contributed by atoms with Crippen LogP contribution in [0, 0.1) is 0 Å². The van der Waals surface area contributed by atoms with Crippen LogP contribution in [-0.2, 0) is 4.74 Å². The van der Waals surface area contributed by atoms with Crippen molar-refractivity contribution in [1.29, 1.82) is 0 Å². The van der Waals surface area contributed by atoms with E-state index >= 15 is 0 Å². The standard InChI is InChI=1S/C4H8N4O.Sn/c5-6-7-8-1-3-9-4-2-8;/h1-4H2;. The molecule has 5 nitrogen and oxygen atoms in total. The monoisotopic (exact) mass is 248 g/mol. The topological polar surface area (TPSA) is 61.2 Å². The SMILES string of the molecule is [N-]=[N+]=NN1CCOCC1.[Sn]. The van der Waals surface area contributed by atoms with Gasteiger partial charge in [0.15, 0.2) is 0 Å². The first kappa shape index (κ1) is 9.87. The van der Waals surface area contributed by atoms with E-state index in [0.717, 1.165) is 0 Å². The molecule has 0 aromatic heterocycles. The van der Waals surface area contributed by atoms with Crippen LogP contribution in [0.2, 0.25) is 0 Å². The number of azide groups is 1. The van der Waals surface area contributed by atoms with Crippen LogP contribution in [0.1, 0.15) is 0 Å². The Bertz CT molecular complexity index is 129. The predicted octanol–water partition coefficient (Wildman–Crippen LogP) is 0.163. The average Bonchev–Trinajstić information content (AvgIpc) is 1.91. The third-order valence-corrected chi connectivity index (χ3v) is 1.15. The van der Waals surface area contributed by atoms with Crippen LogP contribution < -0.4 is 0 Å². The molecule has 0 aliphatic carbocycles. The molecule has 0 N–H and O–H groups in total. The van der Waals surface area contributed by atoms with Crippen molar-refractivity contribution in [3.05, 3.63) is 10.4 Å².